The SMILES string of the molecule is C[SiH2]C1=CN(C)C(C2C=C(C)CCC2C)C=C1. The Morgan fingerprint density at radius 2 is 2.18 bits per heavy atom. The minimum absolute atomic E-state index is 0.0209. The van der Waals surface area contributed by atoms with Gasteiger partial charge in [0, 0.05) is 13.0 Å². The van der Waals surface area contributed by atoms with E-state index in [1.165, 1.54) is 12.8 Å². The van der Waals surface area contributed by atoms with Gasteiger partial charge in [0.05, 0.1) is 15.6 Å². The van der Waals surface area contributed by atoms with Crippen molar-refractivity contribution in [2.24, 2.45) is 11.8 Å². The molecular weight excluding hydrogens is 222 g/mol. The fourth-order valence-corrected chi connectivity index (χ4v) is 3.86. The van der Waals surface area contributed by atoms with Gasteiger partial charge in [-0.25, -0.2) is 0 Å². The summed E-state index contributed by atoms with van der Waals surface area (Å²) in [6, 6.07) is 0.574. The Morgan fingerprint density at radius 3 is 2.82 bits per heavy atom. The quantitative estimate of drug-likeness (QED) is 0.536. The van der Waals surface area contributed by atoms with Crippen LogP contribution in [0.5, 0.6) is 0 Å². The Balaban J connectivity index is 2.16. The summed E-state index contributed by atoms with van der Waals surface area (Å²) in [6.07, 6.45) is 12.3. The molecule has 0 saturated carbocycles. The topological polar surface area (TPSA) is 3.24 Å². The van der Waals surface area contributed by atoms with Crippen molar-refractivity contribution in [3.63, 3.8) is 0 Å². The molecule has 0 aromatic carbocycles. The normalized spacial score (nSPS) is 34.1. The third kappa shape index (κ3) is 2.74. The summed E-state index contributed by atoms with van der Waals surface area (Å²) in [4.78, 5) is 2.43. The van der Waals surface area contributed by atoms with Crippen LogP contribution in [-0.2, 0) is 0 Å². The maximum atomic E-state index is 2.52. The van der Waals surface area contributed by atoms with Crippen molar-refractivity contribution in [1.29, 1.82) is 0 Å². The van der Waals surface area contributed by atoms with E-state index in [0.29, 0.717) is 12.0 Å². The fraction of sp³-hybridized carbons (Fsp3) is 0.600. The number of allylic oxidation sites excluding steroid dienone is 3. The van der Waals surface area contributed by atoms with E-state index in [1.807, 2.05) is 0 Å². The van der Waals surface area contributed by atoms with E-state index in [4.69, 9.17) is 0 Å². The van der Waals surface area contributed by atoms with Crippen molar-refractivity contribution in [2.45, 2.75) is 39.3 Å². The van der Waals surface area contributed by atoms with Gasteiger partial charge in [-0.3, -0.25) is 0 Å². The predicted molar refractivity (Wildman–Crippen MR) is 78.8 cm³/mol. The van der Waals surface area contributed by atoms with Crippen LogP contribution in [0, 0.1) is 11.8 Å². The molecule has 0 radical (unpaired) electrons. The van der Waals surface area contributed by atoms with E-state index < -0.39 is 0 Å². The van der Waals surface area contributed by atoms with Gasteiger partial charge in [0.1, 0.15) is 0 Å². The lowest BCUT2D eigenvalue weighted by atomic mass is 9.77. The molecule has 1 nitrogen and oxygen atoms in total. The molecule has 1 aliphatic heterocycles. The molecule has 2 rings (SSSR count). The third-order valence-corrected chi connectivity index (χ3v) is 5.51. The maximum absolute atomic E-state index is 2.52. The molecule has 1 aliphatic carbocycles. The van der Waals surface area contributed by atoms with Crippen LogP contribution in [0.15, 0.2) is 35.2 Å². The highest BCUT2D eigenvalue weighted by Gasteiger charge is 2.29. The van der Waals surface area contributed by atoms with Gasteiger partial charge in [0.2, 0.25) is 0 Å². The van der Waals surface area contributed by atoms with Gasteiger partial charge in [-0.2, -0.15) is 0 Å². The highest BCUT2D eigenvalue weighted by atomic mass is 28.2. The molecule has 0 N–H and O–H groups in total. The van der Waals surface area contributed by atoms with E-state index in [9.17, 15) is 0 Å². The standard InChI is InChI=1S/C15H25NSi/c1-11-5-6-12(2)14(9-11)15-8-7-13(17-4)10-16(15)3/h7-10,12,14-15H,5-6,17H2,1-4H3. The van der Waals surface area contributed by atoms with E-state index in [1.54, 1.807) is 10.8 Å². The first kappa shape index (κ1) is 12.7. The molecule has 3 unspecified atom stereocenters. The summed E-state index contributed by atoms with van der Waals surface area (Å²) in [5.41, 5.74) is 1.58. The van der Waals surface area contributed by atoms with Crippen molar-refractivity contribution < 1.29 is 0 Å². The van der Waals surface area contributed by atoms with Crippen LogP contribution in [0.2, 0.25) is 6.55 Å². The second-order valence-electron chi connectivity index (χ2n) is 5.68. The fourth-order valence-electron chi connectivity index (χ4n) is 3.02. The first-order valence-electron chi connectivity index (χ1n) is 6.90. The molecule has 2 heteroatoms. The molecule has 0 bridgehead atoms. The van der Waals surface area contributed by atoms with Gasteiger partial charge in [0.15, 0.2) is 0 Å². The van der Waals surface area contributed by atoms with E-state index in [2.05, 4.69) is 56.8 Å². The Kier molecular flexibility index (Phi) is 3.92. The first-order chi connectivity index (χ1) is 8.11. The molecule has 94 valence electrons. The molecule has 17 heavy (non-hydrogen) atoms. The monoisotopic (exact) mass is 247 g/mol. The highest BCUT2D eigenvalue weighted by molar-refractivity contribution is 6.44. The molecule has 1 heterocycles. The van der Waals surface area contributed by atoms with E-state index >= 15 is 0 Å². The minimum atomic E-state index is -0.0209. The van der Waals surface area contributed by atoms with Crippen LogP contribution in [0.3, 0.4) is 0 Å². The Labute approximate surface area is 108 Å². The van der Waals surface area contributed by atoms with Crippen molar-refractivity contribution in [3.05, 3.63) is 35.2 Å². The zero-order valence-electron chi connectivity index (χ0n) is 11.6. The van der Waals surface area contributed by atoms with Gasteiger partial charge in [-0.05, 0) is 31.9 Å². The maximum Gasteiger partial charge on any atom is 0.0535 e. The first-order valence-corrected chi connectivity index (χ1v) is 9.02. The van der Waals surface area contributed by atoms with Crippen LogP contribution in [0.1, 0.15) is 26.7 Å². The second-order valence-corrected chi connectivity index (χ2v) is 7.20. The van der Waals surface area contributed by atoms with Crippen LogP contribution >= 0.6 is 0 Å². The van der Waals surface area contributed by atoms with Gasteiger partial charge >= 0.3 is 0 Å². The van der Waals surface area contributed by atoms with Crippen LogP contribution < -0.4 is 0 Å². The largest absolute Gasteiger partial charge is 0.374 e. The summed E-state index contributed by atoms with van der Waals surface area (Å²) in [6.45, 7) is 7.05. The highest BCUT2D eigenvalue weighted by Crippen LogP contribution is 2.34. The molecular formula is C15H25NSi. The lowest BCUT2D eigenvalue weighted by Gasteiger charge is -2.38. The van der Waals surface area contributed by atoms with Crippen molar-refractivity contribution in [3.8, 4) is 0 Å². The zero-order chi connectivity index (χ0) is 12.4. The molecule has 0 aromatic heterocycles. The predicted octanol–water partition coefficient (Wildman–Crippen LogP) is 2.91. The van der Waals surface area contributed by atoms with Gasteiger partial charge in [-0.15, -0.1) is 0 Å². The lowest BCUT2D eigenvalue weighted by molar-refractivity contribution is 0.239. The number of likely N-dealkylation sites (N-methyl/N-ethyl adjacent to an activating group) is 1. The summed E-state index contributed by atoms with van der Waals surface area (Å²) < 4.78 is 0. The molecule has 0 spiro atoms. The van der Waals surface area contributed by atoms with Crippen LogP contribution in [0.25, 0.3) is 0 Å². The van der Waals surface area contributed by atoms with Crippen LogP contribution in [-0.4, -0.2) is 27.5 Å². The Bertz CT molecular complexity index is 367. The summed E-state index contributed by atoms with van der Waals surface area (Å²) >= 11 is 0. The number of hydrogen-bond donors (Lipinski definition) is 0. The van der Waals surface area contributed by atoms with Gasteiger partial charge < -0.3 is 4.90 Å². The Morgan fingerprint density at radius 1 is 1.41 bits per heavy atom. The van der Waals surface area contributed by atoms with Crippen molar-refractivity contribution in [2.75, 3.05) is 7.05 Å². The smallest absolute Gasteiger partial charge is 0.0535 e. The lowest BCUT2D eigenvalue weighted by Crippen LogP contribution is -2.38. The molecule has 2 aliphatic rings. The van der Waals surface area contributed by atoms with E-state index in [0.717, 1.165) is 5.92 Å². The summed E-state index contributed by atoms with van der Waals surface area (Å²) in [5, 5.41) is 1.58. The summed E-state index contributed by atoms with van der Waals surface area (Å²) in [7, 11) is 2.22. The summed E-state index contributed by atoms with van der Waals surface area (Å²) in [5.74, 6) is 1.51. The molecule has 0 aromatic rings. The minimum Gasteiger partial charge on any atom is -0.374 e. The Hall–Kier alpha value is -0.763. The molecule has 0 saturated heterocycles. The average Bonchev–Trinajstić information content (AvgIpc) is 2.32. The van der Waals surface area contributed by atoms with E-state index in [-0.39, 0.29) is 9.52 Å². The van der Waals surface area contributed by atoms with Gasteiger partial charge in [-0.1, -0.05) is 42.5 Å². The van der Waals surface area contributed by atoms with Gasteiger partial charge in [0.25, 0.3) is 0 Å². The zero-order valence-corrected chi connectivity index (χ0v) is 13.0. The van der Waals surface area contributed by atoms with Crippen LogP contribution in [0.4, 0.5) is 0 Å². The average molecular weight is 247 g/mol. The van der Waals surface area contributed by atoms with Crippen molar-refractivity contribution in [1.82, 2.24) is 4.90 Å². The number of rotatable bonds is 2. The molecule has 0 fully saturated rings. The molecule has 0 amide bonds. The number of hydrogen-bond acceptors (Lipinski definition) is 1. The van der Waals surface area contributed by atoms with Crippen molar-refractivity contribution >= 4 is 9.52 Å². The third-order valence-electron chi connectivity index (χ3n) is 4.28. The second kappa shape index (κ2) is 5.26. The molecule has 3 atom stereocenters. The number of nitrogens with zero attached hydrogens (tertiary/aromatic N) is 1.